The Labute approximate surface area is 92.9 Å². The fourth-order valence-corrected chi connectivity index (χ4v) is 2.06. The minimum absolute atomic E-state index is 0.437. The standard InChI is InChI=1S/C6H5.C4H8O.ClH.Mg/c1-2-4-6-5-3-1;1-2-4-5-3-1;;/h1-5H;1-4H2;1H;/q;;;+1/p-1. The molecule has 1 nitrogen and oxygen atoms in total. The maximum Gasteiger partial charge on any atom is 0.538 e. The Morgan fingerprint density at radius 2 is 1.69 bits per heavy atom. The maximum atomic E-state index is 5.67. The van der Waals surface area contributed by atoms with E-state index in [2.05, 4.69) is 12.1 Å². The topological polar surface area (TPSA) is 9.23 Å². The molecule has 1 heterocycles. The maximum absolute atomic E-state index is 5.67. The van der Waals surface area contributed by atoms with Gasteiger partial charge in [0.1, 0.15) is 0 Å². The van der Waals surface area contributed by atoms with Crippen LogP contribution in [0.5, 0.6) is 0 Å². The van der Waals surface area contributed by atoms with Crippen LogP contribution in [-0.4, -0.2) is 32.5 Å². The summed E-state index contributed by atoms with van der Waals surface area (Å²) in [7, 11) is 5.67. The predicted molar refractivity (Wildman–Crippen MR) is 57.7 cm³/mol. The molecule has 0 bridgehead atoms. The zero-order valence-corrected chi connectivity index (χ0v) is 9.88. The molecule has 0 spiro atoms. The van der Waals surface area contributed by atoms with Gasteiger partial charge in [-0.25, -0.2) is 0 Å². The van der Waals surface area contributed by atoms with Crippen molar-refractivity contribution in [2.75, 3.05) is 13.2 Å². The van der Waals surface area contributed by atoms with Crippen LogP contribution in [0.1, 0.15) is 12.8 Å². The highest BCUT2D eigenvalue weighted by Crippen LogP contribution is 1.98. The number of ether oxygens (including phenoxy) is 1. The molecule has 1 fully saturated rings. The van der Waals surface area contributed by atoms with E-state index in [0.717, 1.165) is 13.2 Å². The molecule has 0 atom stereocenters. The molecule has 2 rings (SSSR count). The van der Waals surface area contributed by atoms with Crippen molar-refractivity contribution in [3.63, 3.8) is 0 Å². The number of hydrogen-bond donors (Lipinski definition) is 0. The molecule has 0 radical (unpaired) electrons. The third kappa shape index (κ3) is 5.52. The zero-order valence-electron chi connectivity index (χ0n) is 7.71. The molecule has 0 aromatic heterocycles. The number of halogens is 1. The lowest BCUT2D eigenvalue weighted by Gasteiger charge is -1.87. The van der Waals surface area contributed by atoms with Crippen LogP contribution in [0.4, 0.5) is 0 Å². The van der Waals surface area contributed by atoms with Gasteiger partial charge < -0.3 is 13.8 Å². The Kier molecular flexibility index (Phi) is 6.63. The van der Waals surface area contributed by atoms with E-state index in [4.69, 9.17) is 13.8 Å². The van der Waals surface area contributed by atoms with Gasteiger partial charge in [0, 0.05) is 13.2 Å². The van der Waals surface area contributed by atoms with Gasteiger partial charge >= 0.3 is 19.3 Å². The van der Waals surface area contributed by atoms with E-state index in [9.17, 15) is 0 Å². The summed E-state index contributed by atoms with van der Waals surface area (Å²) in [4.78, 5) is 0. The number of benzene rings is 1. The third-order valence-electron chi connectivity index (χ3n) is 1.82. The third-order valence-corrected chi connectivity index (χ3v) is 3.53. The molecule has 3 heteroatoms. The van der Waals surface area contributed by atoms with Crippen LogP contribution in [-0.2, 0) is 4.74 Å². The molecular formula is C10H13ClMgO. The average molecular weight is 209 g/mol. The van der Waals surface area contributed by atoms with E-state index in [0.29, 0.717) is 0 Å². The molecule has 1 aliphatic heterocycles. The van der Waals surface area contributed by atoms with Crippen LogP contribution in [0.3, 0.4) is 0 Å². The van der Waals surface area contributed by atoms with E-state index in [1.807, 2.05) is 18.2 Å². The van der Waals surface area contributed by atoms with Gasteiger partial charge in [-0.3, -0.25) is 0 Å². The summed E-state index contributed by atoms with van der Waals surface area (Å²) in [5.74, 6) is 0. The summed E-state index contributed by atoms with van der Waals surface area (Å²) < 4.78 is 6.26. The molecule has 0 N–H and O–H groups in total. The largest absolute Gasteiger partial charge is 0.538 e. The lowest BCUT2D eigenvalue weighted by molar-refractivity contribution is 0.198. The van der Waals surface area contributed by atoms with Crippen molar-refractivity contribution in [1.29, 1.82) is 0 Å². The fraction of sp³-hybridized carbons (Fsp3) is 0.400. The van der Waals surface area contributed by atoms with Crippen molar-refractivity contribution < 1.29 is 4.74 Å². The van der Waals surface area contributed by atoms with Crippen molar-refractivity contribution in [2.45, 2.75) is 12.8 Å². The van der Waals surface area contributed by atoms with Crippen molar-refractivity contribution >= 4 is 32.0 Å². The quantitative estimate of drug-likeness (QED) is 0.642. The number of rotatable bonds is 1. The molecule has 1 saturated heterocycles. The van der Waals surface area contributed by atoms with E-state index < -0.39 is 19.3 Å². The van der Waals surface area contributed by atoms with Gasteiger partial charge in [0.05, 0.1) is 0 Å². The van der Waals surface area contributed by atoms with Crippen LogP contribution in [0.2, 0.25) is 0 Å². The summed E-state index contributed by atoms with van der Waals surface area (Å²) in [5, 5.41) is 0. The molecule has 0 saturated carbocycles. The van der Waals surface area contributed by atoms with Crippen molar-refractivity contribution in [3.8, 4) is 0 Å². The second-order valence-corrected chi connectivity index (χ2v) is 4.82. The molecule has 68 valence electrons. The average Bonchev–Trinajstić information content (AvgIpc) is 2.77. The van der Waals surface area contributed by atoms with Gasteiger partial charge in [-0.15, -0.1) is 3.69 Å². The van der Waals surface area contributed by atoms with Gasteiger partial charge in [0.2, 0.25) is 0 Å². The lowest BCUT2D eigenvalue weighted by Crippen LogP contribution is -2.05. The summed E-state index contributed by atoms with van der Waals surface area (Å²) in [6, 6.07) is 10.2. The highest BCUT2D eigenvalue weighted by Gasteiger charge is 1.94. The first-order valence-corrected chi connectivity index (χ1v) is 7.45. The Bertz CT molecular complexity index is 204. The minimum atomic E-state index is -0.437. The summed E-state index contributed by atoms with van der Waals surface area (Å²) in [5.41, 5.74) is 0. The van der Waals surface area contributed by atoms with Crippen LogP contribution in [0.15, 0.2) is 30.3 Å². The van der Waals surface area contributed by atoms with Crippen LogP contribution >= 0.6 is 9.07 Å². The first-order chi connectivity index (χ1) is 6.43. The molecule has 0 aliphatic carbocycles. The Morgan fingerprint density at radius 1 is 1.08 bits per heavy atom. The van der Waals surface area contributed by atoms with Gasteiger partial charge in [0.15, 0.2) is 0 Å². The molecule has 13 heavy (non-hydrogen) atoms. The smallest absolute Gasteiger partial charge is 0.381 e. The highest BCUT2D eigenvalue weighted by atomic mass is 35.5. The first-order valence-electron chi connectivity index (χ1n) is 4.61. The zero-order chi connectivity index (χ0) is 9.36. The summed E-state index contributed by atoms with van der Waals surface area (Å²) in [6.45, 7) is 2.00. The Hall–Kier alpha value is 0.236. The van der Waals surface area contributed by atoms with Gasteiger partial charge in [-0.2, -0.15) is 0 Å². The van der Waals surface area contributed by atoms with Crippen molar-refractivity contribution in [1.82, 2.24) is 0 Å². The second-order valence-electron chi connectivity index (χ2n) is 2.94. The van der Waals surface area contributed by atoms with Crippen LogP contribution < -0.4 is 3.69 Å². The summed E-state index contributed by atoms with van der Waals surface area (Å²) in [6.07, 6.45) is 2.56. The summed E-state index contributed by atoms with van der Waals surface area (Å²) >= 11 is -0.437. The lowest BCUT2D eigenvalue weighted by atomic mass is 10.4. The van der Waals surface area contributed by atoms with Crippen LogP contribution in [0.25, 0.3) is 0 Å². The molecular weight excluding hydrogens is 196 g/mol. The molecule has 0 unspecified atom stereocenters. The van der Waals surface area contributed by atoms with E-state index in [1.165, 1.54) is 16.5 Å². The molecule has 1 aromatic rings. The monoisotopic (exact) mass is 208 g/mol. The predicted octanol–water partition coefficient (Wildman–Crippen LogP) is 1.97. The van der Waals surface area contributed by atoms with Gasteiger partial charge in [-0.05, 0) is 12.8 Å². The first kappa shape index (κ1) is 11.3. The fourth-order valence-electron chi connectivity index (χ4n) is 1.08. The molecule has 1 aromatic carbocycles. The Morgan fingerprint density at radius 3 is 2.00 bits per heavy atom. The van der Waals surface area contributed by atoms with Crippen LogP contribution in [0, 0.1) is 0 Å². The second kappa shape index (κ2) is 7.62. The van der Waals surface area contributed by atoms with Gasteiger partial charge in [0.25, 0.3) is 0 Å². The van der Waals surface area contributed by atoms with E-state index >= 15 is 0 Å². The SMILES string of the molecule is C1CCOC1.[Cl][Mg][c]1ccccc1. The van der Waals surface area contributed by atoms with Gasteiger partial charge in [-0.1, -0.05) is 30.3 Å². The minimum Gasteiger partial charge on any atom is -0.381 e. The van der Waals surface area contributed by atoms with E-state index in [1.54, 1.807) is 0 Å². The Balaban J connectivity index is 0.000000145. The van der Waals surface area contributed by atoms with Crippen molar-refractivity contribution in [2.24, 2.45) is 0 Å². The van der Waals surface area contributed by atoms with Crippen molar-refractivity contribution in [3.05, 3.63) is 30.3 Å². The highest BCUT2D eigenvalue weighted by molar-refractivity contribution is 7.01. The molecule has 0 amide bonds. The number of hydrogen-bond acceptors (Lipinski definition) is 1. The molecule has 1 aliphatic rings. The van der Waals surface area contributed by atoms with E-state index in [-0.39, 0.29) is 0 Å². The normalized spacial score (nSPS) is 14.2.